The number of rotatable bonds is 3. The fourth-order valence-electron chi connectivity index (χ4n) is 2.67. The molecular weight excluding hydrogens is 507 g/mol. The van der Waals surface area contributed by atoms with Crippen molar-refractivity contribution in [1.29, 1.82) is 0 Å². The lowest BCUT2D eigenvalue weighted by atomic mass is 10.1. The topological polar surface area (TPSA) is 36.3 Å². The second kappa shape index (κ2) is 7.27. The predicted molar refractivity (Wildman–Crippen MR) is 111 cm³/mol. The van der Waals surface area contributed by atoms with Gasteiger partial charge in [0, 0.05) is 10.6 Å². The molecule has 1 aromatic heterocycles. The van der Waals surface area contributed by atoms with E-state index in [2.05, 4.69) is 37.0 Å². The largest absolute Gasteiger partial charge is 0.454 e. The Morgan fingerprint density at radius 2 is 1.85 bits per heavy atom. The Morgan fingerprint density at radius 3 is 2.65 bits per heavy atom. The number of hydrogen-bond acceptors (Lipinski definition) is 3. The zero-order valence-corrected chi connectivity index (χ0v) is 17.7. The molecule has 0 radical (unpaired) electrons. The van der Waals surface area contributed by atoms with Crippen molar-refractivity contribution in [1.82, 2.24) is 9.78 Å². The van der Waals surface area contributed by atoms with Crippen molar-refractivity contribution >= 4 is 61.1 Å². The van der Waals surface area contributed by atoms with E-state index in [1.807, 2.05) is 30.3 Å². The molecule has 0 saturated carbocycles. The Kier molecular flexibility index (Phi) is 5.01. The monoisotopic (exact) mass is 514 g/mol. The molecular formula is C18H10Br2Cl2N2O2. The Bertz CT molecular complexity index is 1030. The number of nitrogens with zero attached hydrogens (tertiary/aromatic N) is 2. The lowest BCUT2D eigenvalue weighted by Gasteiger charge is -2.10. The van der Waals surface area contributed by atoms with Crippen molar-refractivity contribution in [3.8, 4) is 28.4 Å². The summed E-state index contributed by atoms with van der Waals surface area (Å²) in [5.74, 6) is 1.43. The second-order valence-electron chi connectivity index (χ2n) is 5.46. The van der Waals surface area contributed by atoms with E-state index in [1.54, 1.807) is 22.9 Å². The van der Waals surface area contributed by atoms with Crippen LogP contribution in [0.15, 0.2) is 45.9 Å². The molecule has 0 unspecified atom stereocenters. The summed E-state index contributed by atoms with van der Waals surface area (Å²) in [6, 6.07) is 13.0. The molecule has 2 heterocycles. The fraction of sp³-hybridized carbons (Fsp3) is 0.0556. The average Bonchev–Trinajstić information content (AvgIpc) is 3.22. The molecule has 2 aromatic carbocycles. The molecule has 8 heteroatoms. The van der Waals surface area contributed by atoms with Gasteiger partial charge in [0.05, 0.1) is 25.5 Å². The molecule has 0 fully saturated rings. The van der Waals surface area contributed by atoms with Crippen LogP contribution in [0.2, 0.25) is 10.0 Å². The molecule has 4 nitrogen and oxygen atoms in total. The van der Waals surface area contributed by atoms with Crippen LogP contribution in [0.25, 0.3) is 23.0 Å². The van der Waals surface area contributed by atoms with Gasteiger partial charge in [-0.1, -0.05) is 23.2 Å². The lowest BCUT2D eigenvalue weighted by Crippen LogP contribution is -2.00. The van der Waals surface area contributed by atoms with Gasteiger partial charge in [0.15, 0.2) is 11.5 Å². The first kappa shape index (κ1) is 17.9. The standard InChI is InChI=1S/C18H10Br2Cl2N2O2/c19-18(20)8-12-7-14(10-1-4-16-17(5-10)26-9-25-16)24(23-12)15-6-11(21)2-3-13(15)22/h1-8H,9H2. The van der Waals surface area contributed by atoms with Gasteiger partial charge in [-0.2, -0.15) is 5.10 Å². The molecule has 0 spiro atoms. The molecule has 0 amide bonds. The van der Waals surface area contributed by atoms with E-state index in [0.29, 0.717) is 21.5 Å². The molecule has 3 aromatic rings. The molecule has 132 valence electrons. The molecule has 0 saturated heterocycles. The van der Waals surface area contributed by atoms with Gasteiger partial charge in [-0.25, -0.2) is 4.68 Å². The van der Waals surface area contributed by atoms with Crippen molar-refractivity contribution in [2.24, 2.45) is 0 Å². The van der Waals surface area contributed by atoms with E-state index in [4.69, 9.17) is 32.7 Å². The van der Waals surface area contributed by atoms with E-state index in [0.717, 1.165) is 26.1 Å². The smallest absolute Gasteiger partial charge is 0.231 e. The molecule has 26 heavy (non-hydrogen) atoms. The van der Waals surface area contributed by atoms with Gasteiger partial charge in [0.25, 0.3) is 0 Å². The zero-order valence-electron chi connectivity index (χ0n) is 13.0. The molecule has 1 aliphatic heterocycles. The van der Waals surface area contributed by atoms with E-state index in [9.17, 15) is 0 Å². The number of benzene rings is 2. The van der Waals surface area contributed by atoms with Crippen LogP contribution in [0.1, 0.15) is 5.69 Å². The van der Waals surface area contributed by atoms with Crippen LogP contribution in [0.5, 0.6) is 11.5 Å². The molecule has 0 N–H and O–H groups in total. The second-order valence-corrected chi connectivity index (χ2v) is 9.08. The van der Waals surface area contributed by atoms with Crippen LogP contribution >= 0.6 is 55.1 Å². The summed E-state index contributed by atoms with van der Waals surface area (Å²) in [6.07, 6.45) is 1.85. The summed E-state index contributed by atoms with van der Waals surface area (Å²) < 4.78 is 13.4. The highest BCUT2D eigenvalue weighted by Gasteiger charge is 2.18. The van der Waals surface area contributed by atoms with E-state index in [1.165, 1.54) is 0 Å². The van der Waals surface area contributed by atoms with E-state index in [-0.39, 0.29) is 6.79 Å². The van der Waals surface area contributed by atoms with Crippen LogP contribution < -0.4 is 9.47 Å². The van der Waals surface area contributed by atoms with Gasteiger partial charge in [-0.05, 0) is 80.4 Å². The summed E-state index contributed by atoms with van der Waals surface area (Å²) in [5.41, 5.74) is 3.21. The highest BCUT2D eigenvalue weighted by molar-refractivity contribution is 9.28. The van der Waals surface area contributed by atoms with Crippen LogP contribution in [0.4, 0.5) is 0 Å². The van der Waals surface area contributed by atoms with Crippen molar-refractivity contribution in [3.63, 3.8) is 0 Å². The highest BCUT2D eigenvalue weighted by atomic mass is 79.9. The Labute approximate surface area is 176 Å². The summed E-state index contributed by atoms with van der Waals surface area (Å²) in [7, 11) is 0. The maximum Gasteiger partial charge on any atom is 0.231 e. The third kappa shape index (κ3) is 3.51. The number of aromatic nitrogens is 2. The Morgan fingerprint density at radius 1 is 1.04 bits per heavy atom. The number of hydrogen-bond donors (Lipinski definition) is 0. The molecule has 0 bridgehead atoms. The quantitative estimate of drug-likeness (QED) is 0.390. The summed E-state index contributed by atoms with van der Waals surface area (Å²) >= 11 is 19.3. The highest BCUT2D eigenvalue weighted by Crippen LogP contribution is 2.38. The minimum absolute atomic E-state index is 0.225. The summed E-state index contributed by atoms with van der Waals surface area (Å²) in [4.78, 5) is 0. The lowest BCUT2D eigenvalue weighted by molar-refractivity contribution is 0.174. The minimum Gasteiger partial charge on any atom is -0.454 e. The first-order valence-electron chi connectivity index (χ1n) is 7.49. The van der Waals surface area contributed by atoms with Gasteiger partial charge >= 0.3 is 0 Å². The number of fused-ring (bicyclic) bond motifs is 1. The average molecular weight is 517 g/mol. The van der Waals surface area contributed by atoms with Crippen molar-refractivity contribution in [2.75, 3.05) is 6.79 Å². The van der Waals surface area contributed by atoms with Crippen molar-refractivity contribution in [3.05, 3.63) is 61.6 Å². The van der Waals surface area contributed by atoms with Crippen LogP contribution in [0, 0.1) is 0 Å². The molecule has 1 aliphatic rings. The number of halogens is 4. The Balaban J connectivity index is 1.91. The van der Waals surface area contributed by atoms with Gasteiger partial charge in [0.2, 0.25) is 6.79 Å². The predicted octanol–water partition coefficient (Wildman–Crippen LogP) is 6.66. The zero-order chi connectivity index (χ0) is 18.3. The van der Waals surface area contributed by atoms with Crippen LogP contribution in [0.3, 0.4) is 0 Å². The van der Waals surface area contributed by atoms with Crippen LogP contribution in [-0.4, -0.2) is 16.6 Å². The van der Waals surface area contributed by atoms with E-state index < -0.39 is 0 Å². The third-order valence-corrected chi connectivity index (χ3v) is 4.80. The first-order valence-corrected chi connectivity index (χ1v) is 9.84. The summed E-state index contributed by atoms with van der Waals surface area (Å²) in [5, 5.41) is 5.79. The number of ether oxygens (including phenoxy) is 2. The van der Waals surface area contributed by atoms with Gasteiger partial charge < -0.3 is 9.47 Å². The Hall–Kier alpha value is -1.47. The van der Waals surface area contributed by atoms with E-state index >= 15 is 0 Å². The minimum atomic E-state index is 0.225. The SMILES string of the molecule is Clc1ccc(Cl)c(-n2nc(C=C(Br)Br)cc2-c2ccc3c(c2)OCO3)c1. The maximum absolute atomic E-state index is 6.40. The van der Waals surface area contributed by atoms with Crippen molar-refractivity contribution in [2.45, 2.75) is 0 Å². The molecule has 4 rings (SSSR count). The maximum atomic E-state index is 6.40. The molecule has 0 atom stereocenters. The van der Waals surface area contributed by atoms with Crippen molar-refractivity contribution < 1.29 is 9.47 Å². The van der Waals surface area contributed by atoms with Gasteiger partial charge in [-0.3, -0.25) is 0 Å². The third-order valence-electron chi connectivity index (χ3n) is 3.79. The van der Waals surface area contributed by atoms with Gasteiger partial charge in [0.1, 0.15) is 0 Å². The first-order chi connectivity index (χ1) is 12.5. The molecule has 0 aliphatic carbocycles. The summed E-state index contributed by atoms with van der Waals surface area (Å²) in [6.45, 7) is 0.225. The normalized spacial score (nSPS) is 12.3. The van der Waals surface area contributed by atoms with Crippen LogP contribution in [-0.2, 0) is 0 Å². The van der Waals surface area contributed by atoms with Gasteiger partial charge in [-0.15, -0.1) is 0 Å². The fourth-order valence-corrected chi connectivity index (χ4v) is 3.51.